The molecule has 0 N–H and O–H groups in total. The van der Waals surface area contributed by atoms with Crippen molar-refractivity contribution < 1.29 is 13.6 Å². The van der Waals surface area contributed by atoms with Crippen LogP contribution in [0.4, 0.5) is 8.78 Å². The predicted octanol–water partition coefficient (Wildman–Crippen LogP) is 3.49. The highest BCUT2D eigenvalue weighted by atomic mass is 19.1. The number of fused-ring (bicyclic) bond motifs is 1. The van der Waals surface area contributed by atoms with E-state index >= 15 is 0 Å². The van der Waals surface area contributed by atoms with Gasteiger partial charge in [0.1, 0.15) is 23.0 Å². The largest absolute Gasteiger partial charge is 0.332 e. The van der Waals surface area contributed by atoms with Crippen molar-refractivity contribution in [3.8, 4) is 5.69 Å². The van der Waals surface area contributed by atoms with Gasteiger partial charge < -0.3 is 14.0 Å². The van der Waals surface area contributed by atoms with Gasteiger partial charge >= 0.3 is 0 Å². The number of aromatic nitrogens is 3. The third-order valence-electron chi connectivity index (χ3n) is 6.63. The number of halogens is 2. The Hall–Kier alpha value is -3.29. The van der Waals surface area contributed by atoms with Gasteiger partial charge in [-0.1, -0.05) is 6.42 Å². The lowest BCUT2D eigenvalue weighted by atomic mass is 9.93. The highest BCUT2D eigenvalue weighted by Gasteiger charge is 2.38. The van der Waals surface area contributed by atoms with Crippen molar-refractivity contribution in [3.05, 3.63) is 81.8 Å². The predicted molar refractivity (Wildman–Crippen MR) is 115 cm³/mol. The molecule has 1 aromatic carbocycles. The average molecular weight is 438 g/mol. The number of rotatable bonds is 4. The van der Waals surface area contributed by atoms with Gasteiger partial charge in [-0.2, -0.15) is 0 Å². The van der Waals surface area contributed by atoms with E-state index < -0.39 is 11.6 Å². The summed E-state index contributed by atoms with van der Waals surface area (Å²) in [4.78, 5) is 32.4. The number of pyridine rings is 1. The number of imidazole rings is 1. The monoisotopic (exact) mass is 438 g/mol. The van der Waals surface area contributed by atoms with E-state index in [1.54, 1.807) is 29.2 Å². The van der Waals surface area contributed by atoms with Crippen LogP contribution in [-0.2, 0) is 13.0 Å². The molecule has 1 amide bonds. The van der Waals surface area contributed by atoms with Crippen LogP contribution in [-0.4, -0.2) is 37.5 Å². The fourth-order valence-electron chi connectivity index (χ4n) is 5.20. The highest BCUT2D eigenvalue weighted by molar-refractivity contribution is 5.93. The molecule has 0 bridgehead atoms. The molecule has 0 radical (unpaired) electrons. The molecule has 1 aliphatic carbocycles. The van der Waals surface area contributed by atoms with Crippen molar-refractivity contribution in [1.29, 1.82) is 0 Å². The number of nitrogens with zero attached hydrogens (tertiary/aromatic N) is 4. The van der Waals surface area contributed by atoms with Crippen LogP contribution in [0.25, 0.3) is 5.69 Å². The van der Waals surface area contributed by atoms with Gasteiger partial charge in [0.15, 0.2) is 0 Å². The van der Waals surface area contributed by atoms with Crippen molar-refractivity contribution in [2.24, 2.45) is 5.92 Å². The zero-order valence-electron chi connectivity index (χ0n) is 17.8. The zero-order valence-corrected chi connectivity index (χ0v) is 17.8. The third kappa shape index (κ3) is 3.63. The van der Waals surface area contributed by atoms with E-state index in [0.29, 0.717) is 36.5 Å². The minimum absolute atomic E-state index is 0.00587. The molecule has 2 atom stereocenters. The Balaban J connectivity index is 1.40. The van der Waals surface area contributed by atoms with Crippen molar-refractivity contribution in [2.75, 3.05) is 6.54 Å². The van der Waals surface area contributed by atoms with E-state index in [9.17, 15) is 18.4 Å². The molecule has 0 unspecified atom stereocenters. The maximum Gasteiger partial charge on any atom is 0.275 e. The Morgan fingerprint density at radius 3 is 2.56 bits per heavy atom. The number of aryl methyl sites for hydroxylation is 1. The van der Waals surface area contributed by atoms with Crippen LogP contribution in [0.5, 0.6) is 0 Å². The van der Waals surface area contributed by atoms with Crippen LogP contribution < -0.4 is 5.56 Å². The summed E-state index contributed by atoms with van der Waals surface area (Å²) >= 11 is 0. The highest BCUT2D eigenvalue weighted by Crippen LogP contribution is 2.34. The van der Waals surface area contributed by atoms with E-state index in [1.165, 1.54) is 16.7 Å². The first-order valence-electron chi connectivity index (χ1n) is 10.9. The summed E-state index contributed by atoms with van der Waals surface area (Å²) in [6, 6.07) is 6.96. The number of carbonyl (C=O) groups excluding carboxylic acids is 1. The third-order valence-corrected chi connectivity index (χ3v) is 6.63. The van der Waals surface area contributed by atoms with Crippen LogP contribution in [0.3, 0.4) is 0 Å². The summed E-state index contributed by atoms with van der Waals surface area (Å²) in [5.41, 5.74) is 2.04. The summed E-state index contributed by atoms with van der Waals surface area (Å²) in [7, 11) is 0. The van der Waals surface area contributed by atoms with Crippen molar-refractivity contribution >= 4 is 5.91 Å². The summed E-state index contributed by atoms with van der Waals surface area (Å²) < 4.78 is 30.5. The van der Waals surface area contributed by atoms with Crippen molar-refractivity contribution in [3.63, 3.8) is 0 Å². The fraction of sp³-hybridized carbons (Fsp3) is 0.375. The van der Waals surface area contributed by atoms with Gasteiger partial charge in [-0.3, -0.25) is 9.59 Å². The van der Waals surface area contributed by atoms with Crippen LogP contribution in [0.1, 0.15) is 41.0 Å². The normalized spacial score (nSPS) is 20.6. The summed E-state index contributed by atoms with van der Waals surface area (Å²) in [5, 5.41) is 0. The lowest BCUT2D eigenvalue weighted by Gasteiger charge is -2.37. The summed E-state index contributed by atoms with van der Waals surface area (Å²) in [5.74, 6) is -1.20. The van der Waals surface area contributed by atoms with Crippen LogP contribution in [0, 0.1) is 24.5 Å². The van der Waals surface area contributed by atoms with Crippen molar-refractivity contribution in [1.82, 2.24) is 19.0 Å². The molecule has 1 aliphatic heterocycles. The molecule has 3 heterocycles. The first-order valence-corrected chi connectivity index (χ1v) is 10.9. The Labute approximate surface area is 184 Å². The molecule has 6 nitrogen and oxygen atoms in total. The maximum absolute atomic E-state index is 13.6. The first-order chi connectivity index (χ1) is 15.4. The zero-order chi connectivity index (χ0) is 22.4. The number of hydrogen-bond donors (Lipinski definition) is 0. The van der Waals surface area contributed by atoms with Gasteiger partial charge in [-0.15, -0.1) is 0 Å². The first kappa shape index (κ1) is 20.6. The minimum Gasteiger partial charge on any atom is -0.332 e. The second kappa shape index (κ2) is 8.00. The minimum atomic E-state index is -0.583. The number of amides is 1. The molecule has 2 aromatic heterocycles. The van der Waals surface area contributed by atoms with Gasteiger partial charge in [0, 0.05) is 31.4 Å². The van der Waals surface area contributed by atoms with E-state index in [-0.39, 0.29) is 23.4 Å². The lowest BCUT2D eigenvalue weighted by molar-refractivity contribution is 0.0566. The molecule has 0 spiro atoms. The Morgan fingerprint density at radius 2 is 1.84 bits per heavy atom. The van der Waals surface area contributed by atoms with E-state index in [0.717, 1.165) is 31.0 Å². The molecule has 8 heteroatoms. The summed E-state index contributed by atoms with van der Waals surface area (Å²) in [6.07, 6.45) is 6.61. The van der Waals surface area contributed by atoms with Gasteiger partial charge in [-0.05, 0) is 61.9 Å². The average Bonchev–Trinajstić information content (AvgIpc) is 3.37. The summed E-state index contributed by atoms with van der Waals surface area (Å²) in [6.45, 7) is 2.71. The molecule has 1 saturated carbocycles. The van der Waals surface area contributed by atoms with E-state index in [1.807, 2.05) is 11.8 Å². The molecule has 166 valence electrons. The number of hydrogen-bond acceptors (Lipinski definition) is 3. The Bertz CT molecular complexity index is 1230. The maximum atomic E-state index is 13.6. The Kier molecular flexibility index (Phi) is 5.15. The molecule has 0 saturated heterocycles. The topological polar surface area (TPSA) is 60.1 Å². The SMILES string of the molecule is Cc1cn(-c2ccc3n(c2=O)CCN([C@@H]2CCC[C@@H]2Cc2cc(F)cc(F)c2)C3=O)cn1. The fourth-order valence-corrected chi connectivity index (χ4v) is 5.20. The molecule has 1 fully saturated rings. The van der Waals surface area contributed by atoms with E-state index in [4.69, 9.17) is 0 Å². The smallest absolute Gasteiger partial charge is 0.275 e. The molecule has 5 rings (SSSR count). The van der Waals surface area contributed by atoms with Gasteiger partial charge in [0.05, 0.1) is 12.0 Å². The van der Waals surface area contributed by atoms with Crippen LogP contribution >= 0.6 is 0 Å². The second-order valence-electron chi connectivity index (χ2n) is 8.72. The lowest BCUT2D eigenvalue weighted by Crippen LogP contribution is -2.50. The molecule has 3 aromatic rings. The molecular weight excluding hydrogens is 414 g/mol. The number of benzene rings is 1. The standard InChI is InChI=1S/C24H24F2N4O2/c1-15-13-28(14-27-15)21-5-6-22-24(32)29(7-8-30(22)23(21)31)20-4-2-3-17(20)9-16-10-18(25)12-19(26)11-16/h5-6,10-14,17,20H,2-4,7-9H2,1H3/t17-,20-/m1/s1. The molecule has 32 heavy (non-hydrogen) atoms. The Morgan fingerprint density at radius 1 is 1.06 bits per heavy atom. The molecule has 2 aliphatic rings. The second-order valence-corrected chi connectivity index (χ2v) is 8.72. The van der Waals surface area contributed by atoms with Gasteiger partial charge in [0.2, 0.25) is 0 Å². The van der Waals surface area contributed by atoms with Gasteiger partial charge in [0.25, 0.3) is 11.5 Å². The van der Waals surface area contributed by atoms with Gasteiger partial charge in [-0.25, -0.2) is 13.8 Å². The van der Waals surface area contributed by atoms with Crippen molar-refractivity contribution in [2.45, 2.75) is 45.2 Å². The quantitative estimate of drug-likeness (QED) is 0.627. The van der Waals surface area contributed by atoms with Crippen LogP contribution in [0.2, 0.25) is 0 Å². The van der Waals surface area contributed by atoms with Crippen LogP contribution in [0.15, 0.2) is 47.7 Å². The number of carbonyl (C=O) groups is 1. The molecular formula is C24H24F2N4O2. The van der Waals surface area contributed by atoms with E-state index in [2.05, 4.69) is 4.98 Å².